The number of fused-ring (bicyclic) bond motifs is 2. The summed E-state index contributed by atoms with van der Waals surface area (Å²) in [4.78, 5) is 17.6. The van der Waals surface area contributed by atoms with E-state index in [1.807, 2.05) is 0 Å². The largest absolute Gasteiger partial charge is 0.476 e. The summed E-state index contributed by atoms with van der Waals surface area (Å²) in [5.74, 6) is -0.440. The zero-order valence-electron chi connectivity index (χ0n) is 9.80. The number of nitrogens with zero attached hydrogens (tertiary/aromatic N) is 2. The number of thiazole rings is 1. The molecule has 4 nitrogen and oxygen atoms in total. The highest BCUT2D eigenvalue weighted by atomic mass is 32.1. The summed E-state index contributed by atoms with van der Waals surface area (Å²) in [7, 11) is 2.21. The zero-order chi connectivity index (χ0) is 12.0. The van der Waals surface area contributed by atoms with Crippen LogP contribution in [0.25, 0.3) is 0 Å². The topological polar surface area (TPSA) is 53.4 Å². The average molecular weight is 252 g/mol. The third kappa shape index (κ3) is 1.87. The van der Waals surface area contributed by atoms with E-state index in [0.717, 1.165) is 17.8 Å². The van der Waals surface area contributed by atoms with Crippen LogP contribution in [0.5, 0.6) is 0 Å². The molecule has 92 valence electrons. The van der Waals surface area contributed by atoms with Gasteiger partial charge in [-0.15, -0.1) is 11.3 Å². The molecule has 2 aliphatic heterocycles. The van der Waals surface area contributed by atoms with E-state index in [9.17, 15) is 4.79 Å². The molecular formula is C12H16N2O2S. The van der Waals surface area contributed by atoms with Gasteiger partial charge in [0, 0.05) is 23.4 Å². The lowest BCUT2D eigenvalue weighted by Gasteiger charge is -2.35. The molecule has 2 atom stereocenters. The Hall–Kier alpha value is -0.940. The maximum absolute atomic E-state index is 10.8. The van der Waals surface area contributed by atoms with E-state index in [1.54, 1.807) is 5.38 Å². The number of carbonyl (C=O) groups is 1. The molecule has 2 bridgehead atoms. The predicted molar refractivity (Wildman–Crippen MR) is 65.6 cm³/mol. The van der Waals surface area contributed by atoms with Crippen LogP contribution in [-0.4, -0.2) is 40.1 Å². The minimum absolute atomic E-state index is 0.205. The molecule has 0 aliphatic carbocycles. The van der Waals surface area contributed by atoms with Crippen molar-refractivity contribution in [3.05, 3.63) is 16.1 Å². The molecule has 2 aliphatic rings. The van der Waals surface area contributed by atoms with Gasteiger partial charge in [-0.05, 0) is 32.7 Å². The van der Waals surface area contributed by atoms with Crippen LogP contribution >= 0.6 is 11.3 Å². The normalized spacial score (nSPS) is 32.9. The Balaban J connectivity index is 1.79. The molecule has 0 amide bonds. The van der Waals surface area contributed by atoms with Crippen LogP contribution in [0.2, 0.25) is 0 Å². The summed E-state index contributed by atoms with van der Waals surface area (Å²) in [5.41, 5.74) is 0.205. The second-order valence-corrected chi connectivity index (χ2v) is 5.98. The van der Waals surface area contributed by atoms with Gasteiger partial charge in [-0.3, -0.25) is 0 Å². The molecule has 1 N–H and O–H groups in total. The lowest BCUT2D eigenvalue weighted by Crippen LogP contribution is -2.39. The van der Waals surface area contributed by atoms with Gasteiger partial charge in [0.25, 0.3) is 0 Å². The highest BCUT2D eigenvalue weighted by Gasteiger charge is 2.39. The Morgan fingerprint density at radius 2 is 2.12 bits per heavy atom. The number of carboxylic acid groups (broad SMARTS) is 1. The number of piperidine rings is 1. The van der Waals surface area contributed by atoms with Gasteiger partial charge >= 0.3 is 5.97 Å². The third-order valence-corrected chi connectivity index (χ3v) is 5.20. The van der Waals surface area contributed by atoms with E-state index in [2.05, 4.69) is 16.9 Å². The molecular weight excluding hydrogens is 236 g/mol. The molecule has 0 saturated carbocycles. The van der Waals surface area contributed by atoms with Gasteiger partial charge in [-0.2, -0.15) is 0 Å². The number of aromatic nitrogens is 1. The minimum Gasteiger partial charge on any atom is -0.476 e. The van der Waals surface area contributed by atoms with Gasteiger partial charge in [0.05, 0.1) is 5.01 Å². The van der Waals surface area contributed by atoms with Gasteiger partial charge < -0.3 is 10.0 Å². The van der Waals surface area contributed by atoms with E-state index in [4.69, 9.17) is 5.11 Å². The maximum atomic E-state index is 10.8. The smallest absolute Gasteiger partial charge is 0.355 e. The highest BCUT2D eigenvalue weighted by Crippen LogP contribution is 2.42. The summed E-state index contributed by atoms with van der Waals surface area (Å²) < 4.78 is 0. The van der Waals surface area contributed by atoms with Crippen molar-refractivity contribution in [2.75, 3.05) is 7.05 Å². The van der Waals surface area contributed by atoms with E-state index in [0.29, 0.717) is 18.0 Å². The molecule has 0 spiro atoms. The van der Waals surface area contributed by atoms with Gasteiger partial charge in [0.2, 0.25) is 0 Å². The molecule has 2 saturated heterocycles. The van der Waals surface area contributed by atoms with Gasteiger partial charge in [0.1, 0.15) is 0 Å². The monoisotopic (exact) mass is 252 g/mol. The number of hydrogen-bond donors (Lipinski definition) is 1. The van der Waals surface area contributed by atoms with E-state index in [-0.39, 0.29) is 5.69 Å². The van der Waals surface area contributed by atoms with E-state index in [1.165, 1.54) is 24.2 Å². The Morgan fingerprint density at radius 1 is 1.47 bits per heavy atom. The van der Waals surface area contributed by atoms with Gasteiger partial charge in [-0.25, -0.2) is 9.78 Å². The first-order valence-corrected chi connectivity index (χ1v) is 6.93. The second kappa shape index (κ2) is 4.07. The average Bonchev–Trinajstić information content (AvgIpc) is 2.83. The van der Waals surface area contributed by atoms with E-state index < -0.39 is 5.97 Å². The molecule has 0 radical (unpaired) electrons. The predicted octanol–water partition coefficient (Wildman–Crippen LogP) is 2.18. The van der Waals surface area contributed by atoms with Gasteiger partial charge in [0.15, 0.2) is 5.69 Å². The van der Waals surface area contributed by atoms with Crippen LogP contribution in [0, 0.1) is 0 Å². The molecule has 2 fully saturated rings. The van der Waals surface area contributed by atoms with Crippen molar-refractivity contribution in [3.8, 4) is 0 Å². The SMILES string of the molecule is CN1C2CCC1CC(c1nc(C(=O)O)cs1)C2. The highest BCUT2D eigenvalue weighted by molar-refractivity contribution is 7.09. The van der Waals surface area contributed by atoms with Crippen LogP contribution < -0.4 is 0 Å². The Labute approximate surface area is 104 Å². The van der Waals surface area contributed by atoms with Crippen molar-refractivity contribution in [2.45, 2.75) is 43.7 Å². The zero-order valence-corrected chi connectivity index (χ0v) is 10.6. The van der Waals surface area contributed by atoms with Crippen molar-refractivity contribution in [1.29, 1.82) is 0 Å². The van der Waals surface area contributed by atoms with Crippen molar-refractivity contribution < 1.29 is 9.90 Å². The molecule has 3 heterocycles. The summed E-state index contributed by atoms with van der Waals surface area (Å²) in [6.45, 7) is 0. The molecule has 1 aromatic heterocycles. The molecule has 1 aromatic rings. The number of rotatable bonds is 2. The number of hydrogen-bond acceptors (Lipinski definition) is 4. The van der Waals surface area contributed by atoms with Crippen LogP contribution in [0.1, 0.15) is 47.1 Å². The standard InChI is InChI=1S/C12H16N2O2S/c1-14-8-2-3-9(14)5-7(4-8)11-13-10(6-17-11)12(15)16/h6-9H,2-5H2,1H3,(H,15,16). The first-order valence-electron chi connectivity index (χ1n) is 6.06. The minimum atomic E-state index is -0.914. The van der Waals surface area contributed by atoms with E-state index >= 15 is 0 Å². The summed E-state index contributed by atoms with van der Waals surface area (Å²) in [6, 6.07) is 1.35. The lowest BCUT2D eigenvalue weighted by molar-refractivity contribution is 0.0691. The fraction of sp³-hybridized carbons (Fsp3) is 0.667. The summed E-state index contributed by atoms with van der Waals surface area (Å²) in [5, 5.41) is 11.6. The quantitative estimate of drug-likeness (QED) is 0.876. The van der Waals surface area contributed by atoms with Gasteiger partial charge in [-0.1, -0.05) is 0 Å². The molecule has 17 heavy (non-hydrogen) atoms. The van der Waals surface area contributed by atoms with Crippen molar-refractivity contribution in [3.63, 3.8) is 0 Å². The fourth-order valence-electron chi connectivity index (χ4n) is 3.19. The Bertz CT molecular complexity index is 431. The van der Waals surface area contributed by atoms with Crippen LogP contribution in [0.4, 0.5) is 0 Å². The van der Waals surface area contributed by atoms with Crippen LogP contribution in [-0.2, 0) is 0 Å². The second-order valence-electron chi connectivity index (χ2n) is 5.09. The molecule has 3 rings (SSSR count). The van der Waals surface area contributed by atoms with Crippen LogP contribution in [0.15, 0.2) is 5.38 Å². The Kier molecular flexibility index (Phi) is 2.67. The fourth-order valence-corrected chi connectivity index (χ4v) is 4.11. The lowest BCUT2D eigenvalue weighted by atomic mass is 9.92. The number of carboxylic acids is 1. The van der Waals surface area contributed by atoms with Crippen molar-refractivity contribution >= 4 is 17.3 Å². The molecule has 5 heteroatoms. The van der Waals surface area contributed by atoms with Crippen molar-refractivity contribution in [1.82, 2.24) is 9.88 Å². The first kappa shape index (κ1) is 11.2. The Morgan fingerprint density at radius 3 is 2.65 bits per heavy atom. The summed E-state index contributed by atoms with van der Waals surface area (Å²) >= 11 is 1.51. The number of aromatic carboxylic acids is 1. The third-order valence-electron chi connectivity index (χ3n) is 4.19. The van der Waals surface area contributed by atoms with Crippen molar-refractivity contribution in [2.24, 2.45) is 0 Å². The molecule has 2 unspecified atom stereocenters. The summed E-state index contributed by atoms with van der Waals surface area (Å²) in [6.07, 6.45) is 4.85. The maximum Gasteiger partial charge on any atom is 0.355 e. The molecule has 0 aromatic carbocycles. The first-order chi connectivity index (χ1) is 8.15. The van der Waals surface area contributed by atoms with Crippen LogP contribution in [0.3, 0.4) is 0 Å².